The Balaban J connectivity index is 1.69. The van der Waals surface area contributed by atoms with Crippen LogP contribution in [-0.2, 0) is 8.87 Å². The van der Waals surface area contributed by atoms with E-state index in [0.717, 1.165) is 5.56 Å². The number of nitrogens with zero attached hydrogens (tertiary/aromatic N) is 1. The van der Waals surface area contributed by atoms with Gasteiger partial charge in [-0.05, 0) is 31.4 Å². The Hall–Kier alpha value is -0.350. The Morgan fingerprint density at radius 2 is 1.92 bits per heavy atom. The predicted molar refractivity (Wildman–Crippen MR) is 104 cm³/mol. The normalized spacial score (nSPS) is 32.7. The average Bonchev–Trinajstić information content (AvgIpc) is 3.02. The van der Waals surface area contributed by atoms with Crippen LogP contribution in [0, 0.1) is 24.7 Å². The van der Waals surface area contributed by atoms with Gasteiger partial charge < -0.3 is 5.11 Å². The Morgan fingerprint density at radius 3 is 2.46 bits per heavy atom. The van der Waals surface area contributed by atoms with Crippen molar-refractivity contribution < 1.29 is 22.3 Å². The maximum absolute atomic E-state index is 12.9. The maximum Gasteiger partial charge on any atom is 0.242 e. The minimum atomic E-state index is -3.56. The first kappa shape index (κ1) is 20.4. The van der Waals surface area contributed by atoms with Gasteiger partial charge in [0.05, 0.1) is 4.90 Å². The van der Waals surface area contributed by atoms with Crippen molar-refractivity contribution >= 4 is 29.5 Å². The van der Waals surface area contributed by atoms with Crippen molar-refractivity contribution in [3.8, 4) is 0 Å². The molecule has 0 spiro atoms. The molecule has 1 aromatic rings. The fourth-order valence-corrected chi connectivity index (χ4v) is 10.9. The number of aliphatic hydroxyl groups is 1. The van der Waals surface area contributed by atoms with Gasteiger partial charge in [0.1, 0.15) is 6.23 Å². The van der Waals surface area contributed by atoms with Gasteiger partial charge in [-0.1, -0.05) is 33.6 Å². The quantitative estimate of drug-likeness (QED) is 0.484. The molecule has 4 nitrogen and oxygen atoms in total. The van der Waals surface area contributed by atoms with Gasteiger partial charge in [0.25, 0.3) is 0 Å². The van der Waals surface area contributed by atoms with E-state index in [-0.39, 0.29) is 28.5 Å². The first-order valence-corrected chi connectivity index (χ1v) is 13.3. The van der Waals surface area contributed by atoms with Gasteiger partial charge in [-0.3, -0.25) is 4.90 Å². The van der Waals surface area contributed by atoms with Gasteiger partial charge in [-0.2, -0.15) is 0 Å². The summed E-state index contributed by atoms with van der Waals surface area (Å²) in [5.74, 6) is -0.958. The Morgan fingerprint density at radius 1 is 1.31 bits per heavy atom. The molecule has 6 atom stereocenters. The van der Waals surface area contributed by atoms with Crippen molar-refractivity contribution in [1.29, 1.82) is 0 Å². The molecule has 0 radical (unpaired) electrons. The standard InChI is InChI=1S/C17H25F2NO3S3/c1-10-3-5-13(6-4-10)26(22,23)25(24)15-11(2)14(15)17(21)20-8-7-12(9-20)16(18)19/h3-6,11-12,14-17,21,24-25H,7-9H2,1-2H3. The number of likely N-dealkylation sites (tertiary alicyclic amines) is 1. The molecular formula is C17H25F2NO3S3. The zero-order valence-electron chi connectivity index (χ0n) is 14.7. The molecule has 9 heteroatoms. The Bertz CT molecular complexity index is 744. The molecule has 1 aliphatic carbocycles. The summed E-state index contributed by atoms with van der Waals surface area (Å²) in [5, 5.41) is 10.4. The lowest BCUT2D eigenvalue weighted by Gasteiger charge is -2.24. The van der Waals surface area contributed by atoms with Crippen LogP contribution in [0.1, 0.15) is 18.9 Å². The highest BCUT2D eigenvalue weighted by molar-refractivity contribution is 9.11. The second kappa shape index (κ2) is 7.58. The van der Waals surface area contributed by atoms with Gasteiger partial charge in [0.15, 0.2) is 0 Å². The van der Waals surface area contributed by atoms with Crippen molar-refractivity contribution in [2.75, 3.05) is 13.1 Å². The fourth-order valence-electron chi connectivity index (χ4n) is 3.75. The van der Waals surface area contributed by atoms with Crippen molar-refractivity contribution in [2.24, 2.45) is 17.8 Å². The van der Waals surface area contributed by atoms with Gasteiger partial charge in [-0.25, -0.2) is 17.2 Å². The third kappa shape index (κ3) is 3.78. The van der Waals surface area contributed by atoms with Crippen LogP contribution >= 0.6 is 20.6 Å². The van der Waals surface area contributed by atoms with E-state index in [9.17, 15) is 22.3 Å². The van der Waals surface area contributed by atoms with E-state index < -0.39 is 36.4 Å². The summed E-state index contributed by atoms with van der Waals surface area (Å²) in [7, 11) is -5.23. The summed E-state index contributed by atoms with van der Waals surface area (Å²) in [5.41, 5.74) is 0.975. The number of aryl methyl sites for hydroxylation is 1. The third-order valence-electron chi connectivity index (χ3n) is 5.55. The molecule has 1 saturated heterocycles. The largest absolute Gasteiger partial charge is 0.378 e. The van der Waals surface area contributed by atoms with Gasteiger partial charge in [0, 0.05) is 30.2 Å². The fraction of sp³-hybridized carbons (Fsp3) is 0.647. The molecule has 2 fully saturated rings. The van der Waals surface area contributed by atoms with Crippen molar-refractivity contribution in [2.45, 2.75) is 43.1 Å². The molecule has 1 aromatic carbocycles. The van der Waals surface area contributed by atoms with Crippen LogP contribution in [0.25, 0.3) is 0 Å². The van der Waals surface area contributed by atoms with E-state index in [4.69, 9.17) is 0 Å². The lowest BCUT2D eigenvalue weighted by Crippen LogP contribution is -2.36. The summed E-state index contributed by atoms with van der Waals surface area (Å²) in [6.07, 6.45) is -2.91. The molecule has 1 N–H and O–H groups in total. The summed E-state index contributed by atoms with van der Waals surface area (Å²) in [6, 6.07) is 6.67. The summed E-state index contributed by atoms with van der Waals surface area (Å²) in [4.78, 5) is 1.91. The van der Waals surface area contributed by atoms with Crippen LogP contribution < -0.4 is 0 Å². The number of hydrogen-bond donors (Lipinski definition) is 3. The van der Waals surface area contributed by atoms with E-state index in [0.29, 0.717) is 13.0 Å². The average molecular weight is 426 g/mol. The smallest absolute Gasteiger partial charge is 0.242 e. The van der Waals surface area contributed by atoms with Crippen LogP contribution in [0.4, 0.5) is 8.78 Å². The first-order chi connectivity index (χ1) is 12.1. The molecule has 0 aromatic heterocycles. The molecule has 1 aliphatic heterocycles. The van der Waals surface area contributed by atoms with E-state index in [1.807, 2.05) is 13.8 Å². The van der Waals surface area contributed by atoms with Gasteiger partial charge in [0.2, 0.25) is 15.3 Å². The second-order valence-corrected chi connectivity index (χ2v) is 14.7. The van der Waals surface area contributed by atoms with E-state index in [2.05, 4.69) is 11.7 Å². The molecule has 6 unspecified atom stereocenters. The van der Waals surface area contributed by atoms with Crippen molar-refractivity contribution in [3.63, 3.8) is 0 Å². The highest BCUT2D eigenvalue weighted by Gasteiger charge is 2.57. The van der Waals surface area contributed by atoms with E-state index >= 15 is 0 Å². The molecular weight excluding hydrogens is 400 g/mol. The minimum absolute atomic E-state index is 0.000524. The summed E-state index contributed by atoms with van der Waals surface area (Å²) in [6.45, 7) is 4.36. The molecule has 3 rings (SSSR count). The molecule has 0 amide bonds. The number of benzene rings is 1. The number of aliphatic hydroxyl groups excluding tert-OH is 1. The zero-order chi connectivity index (χ0) is 19.2. The summed E-state index contributed by atoms with van der Waals surface area (Å²) >= 11 is 4.44. The zero-order valence-corrected chi connectivity index (χ0v) is 17.3. The molecule has 2 aliphatic rings. The second-order valence-electron chi connectivity index (χ2n) is 7.31. The minimum Gasteiger partial charge on any atom is -0.378 e. The van der Waals surface area contributed by atoms with Crippen LogP contribution in [0.2, 0.25) is 0 Å². The number of thiol groups is 2. The highest BCUT2D eigenvalue weighted by atomic mass is 33.5. The first-order valence-electron chi connectivity index (χ1n) is 8.65. The molecule has 0 bridgehead atoms. The number of rotatable bonds is 6. The molecule has 1 heterocycles. The van der Waals surface area contributed by atoms with Crippen LogP contribution in [0.3, 0.4) is 0 Å². The van der Waals surface area contributed by atoms with Gasteiger partial charge in [-0.15, -0.1) is 11.7 Å². The van der Waals surface area contributed by atoms with Crippen LogP contribution in [0.15, 0.2) is 29.2 Å². The van der Waals surface area contributed by atoms with Gasteiger partial charge >= 0.3 is 0 Å². The SMILES string of the molecule is Cc1ccc(S(=O)(=O)[SH](S)C2C(C)C2C(O)N2CCC(C(F)F)C2)cc1. The van der Waals surface area contributed by atoms with Crippen LogP contribution in [-0.4, -0.2) is 49.4 Å². The van der Waals surface area contributed by atoms with Crippen molar-refractivity contribution in [1.82, 2.24) is 4.90 Å². The lowest BCUT2D eigenvalue weighted by molar-refractivity contribution is -0.0102. The van der Waals surface area contributed by atoms with E-state index in [1.165, 1.54) is 0 Å². The molecule has 148 valence electrons. The third-order valence-corrected chi connectivity index (χ3v) is 13.8. The topological polar surface area (TPSA) is 57.6 Å². The number of hydrogen-bond acceptors (Lipinski definition) is 5. The molecule has 26 heavy (non-hydrogen) atoms. The number of halogens is 2. The van der Waals surface area contributed by atoms with Crippen LogP contribution in [0.5, 0.6) is 0 Å². The summed E-state index contributed by atoms with van der Waals surface area (Å²) < 4.78 is 51.4. The van der Waals surface area contributed by atoms with Crippen molar-refractivity contribution in [3.05, 3.63) is 29.8 Å². The Kier molecular flexibility index (Phi) is 5.94. The Labute approximate surface area is 160 Å². The number of alkyl halides is 2. The molecule has 1 saturated carbocycles. The monoisotopic (exact) mass is 425 g/mol. The lowest BCUT2D eigenvalue weighted by atomic mass is 10.1. The highest BCUT2D eigenvalue weighted by Crippen LogP contribution is 2.63. The maximum atomic E-state index is 12.9. The predicted octanol–water partition coefficient (Wildman–Crippen LogP) is 3.07. The van der Waals surface area contributed by atoms with E-state index in [1.54, 1.807) is 29.2 Å².